The molecule has 0 spiro atoms. The minimum absolute atomic E-state index is 0.0394. The van der Waals surface area contributed by atoms with Crippen LogP contribution in [0.2, 0.25) is 10.0 Å². The zero-order valence-corrected chi connectivity index (χ0v) is 25.5. The highest BCUT2D eigenvalue weighted by Gasteiger charge is 2.41. The van der Waals surface area contributed by atoms with E-state index in [0.29, 0.717) is 26.8 Å². The summed E-state index contributed by atoms with van der Waals surface area (Å²) in [6, 6.07) is 41.5. The number of anilines is 1. The van der Waals surface area contributed by atoms with E-state index < -0.39 is 11.6 Å². The summed E-state index contributed by atoms with van der Waals surface area (Å²) in [7, 11) is 0. The number of nitrogens with one attached hydrogen (secondary N) is 2. The van der Waals surface area contributed by atoms with Gasteiger partial charge in [0.25, 0.3) is 0 Å². The number of carbonyl (C=O) groups excluding carboxylic acids is 1. The Morgan fingerprint density at radius 1 is 0.733 bits per heavy atom. The lowest BCUT2D eigenvalue weighted by Gasteiger charge is -2.37. The van der Waals surface area contributed by atoms with Crippen molar-refractivity contribution in [1.29, 1.82) is 0 Å². The molecule has 0 aliphatic rings. The van der Waals surface area contributed by atoms with E-state index in [1.54, 1.807) is 18.2 Å². The molecule has 0 fully saturated rings. The minimum Gasteiger partial charge on any atom is -0.465 e. The van der Waals surface area contributed by atoms with E-state index in [-0.39, 0.29) is 18.9 Å². The molecule has 0 saturated carbocycles. The second-order valence-corrected chi connectivity index (χ2v) is 11.2. The highest BCUT2D eigenvalue weighted by atomic mass is 35.5. The topological polar surface area (TPSA) is 96.2 Å². The van der Waals surface area contributed by atoms with E-state index in [4.69, 9.17) is 33.4 Å². The zero-order valence-electron chi connectivity index (χ0n) is 24.0. The van der Waals surface area contributed by atoms with Crippen molar-refractivity contribution >= 4 is 51.9 Å². The van der Waals surface area contributed by atoms with Crippen LogP contribution < -0.4 is 10.6 Å². The third-order valence-electron chi connectivity index (χ3n) is 7.71. The van der Waals surface area contributed by atoms with Crippen molar-refractivity contribution in [1.82, 2.24) is 15.1 Å². The van der Waals surface area contributed by atoms with Crippen LogP contribution in [0.5, 0.6) is 0 Å². The molecular formula is C36H28Cl2N4O3. The molecule has 45 heavy (non-hydrogen) atoms. The van der Waals surface area contributed by atoms with Crippen molar-refractivity contribution in [3.63, 3.8) is 0 Å². The Labute approximate surface area is 270 Å². The van der Waals surface area contributed by atoms with E-state index in [9.17, 15) is 9.59 Å². The smallest absolute Gasteiger partial charge is 0.404 e. The highest BCUT2D eigenvalue weighted by Crippen LogP contribution is 2.44. The number of benzene rings is 5. The van der Waals surface area contributed by atoms with Crippen molar-refractivity contribution in [2.45, 2.75) is 12.0 Å². The zero-order chi connectivity index (χ0) is 31.4. The van der Waals surface area contributed by atoms with Gasteiger partial charge in [0.15, 0.2) is 5.82 Å². The second-order valence-electron chi connectivity index (χ2n) is 10.4. The lowest BCUT2D eigenvalue weighted by Crippen LogP contribution is -2.38. The van der Waals surface area contributed by atoms with Crippen LogP contribution in [0.25, 0.3) is 22.0 Å². The van der Waals surface area contributed by atoms with Gasteiger partial charge in [-0.3, -0.25) is 4.79 Å². The normalized spacial score (nSPS) is 11.3. The van der Waals surface area contributed by atoms with Crippen LogP contribution in [0.4, 0.5) is 10.6 Å². The summed E-state index contributed by atoms with van der Waals surface area (Å²) < 4.78 is 1.95. The second kappa shape index (κ2) is 12.9. The summed E-state index contributed by atoms with van der Waals surface area (Å²) in [4.78, 5) is 24.1. The molecule has 0 atom stereocenters. The van der Waals surface area contributed by atoms with E-state index in [0.717, 1.165) is 27.8 Å². The molecule has 5 aromatic carbocycles. The van der Waals surface area contributed by atoms with Crippen molar-refractivity contribution in [2.24, 2.45) is 0 Å². The Balaban J connectivity index is 1.65. The van der Waals surface area contributed by atoms with Gasteiger partial charge < -0.3 is 15.7 Å². The molecule has 7 nitrogen and oxygen atoms in total. The van der Waals surface area contributed by atoms with Gasteiger partial charge in [0.05, 0.1) is 5.52 Å². The first kappa shape index (κ1) is 29.9. The molecule has 6 aromatic rings. The number of nitrogens with zero attached hydrogens (tertiary/aromatic N) is 2. The number of hydrogen-bond donors (Lipinski definition) is 3. The number of amides is 2. The van der Waals surface area contributed by atoms with Gasteiger partial charge in [0.2, 0.25) is 5.91 Å². The van der Waals surface area contributed by atoms with E-state index in [1.165, 1.54) is 0 Å². The van der Waals surface area contributed by atoms with Crippen molar-refractivity contribution in [2.75, 3.05) is 11.9 Å². The van der Waals surface area contributed by atoms with Crippen molar-refractivity contribution < 1.29 is 14.7 Å². The van der Waals surface area contributed by atoms with E-state index >= 15 is 0 Å². The Morgan fingerprint density at radius 2 is 1.27 bits per heavy atom. The van der Waals surface area contributed by atoms with Crippen molar-refractivity contribution in [3.8, 4) is 11.1 Å². The summed E-state index contributed by atoms with van der Waals surface area (Å²) in [5.41, 5.74) is 4.12. The fourth-order valence-corrected chi connectivity index (χ4v) is 6.39. The van der Waals surface area contributed by atoms with Crippen molar-refractivity contribution in [3.05, 3.63) is 154 Å². The third-order valence-corrected chi connectivity index (χ3v) is 8.34. The number of aromatic nitrogens is 2. The maximum atomic E-state index is 13.1. The standard InChI is InChI=1S/C36H28Cl2N4O3/c37-29-17-10-18-30(38)33(29)24-19-20-31-28(23-24)34(40-32(43)21-22-39-35(44)45)41-42(31)36(25-11-4-1-5-12-25,26-13-6-2-7-14-26)27-15-8-3-9-16-27/h1-20,23,39H,21-22H2,(H,44,45)(H,40,41,43). The third kappa shape index (κ3) is 5.76. The van der Waals surface area contributed by atoms with Gasteiger partial charge in [-0.25, -0.2) is 9.48 Å². The summed E-state index contributed by atoms with van der Waals surface area (Å²) in [5, 5.41) is 20.9. The summed E-state index contributed by atoms with van der Waals surface area (Å²) in [6.07, 6.45) is -1.27. The van der Waals surface area contributed by atoms with Gasteiger partial charge >= 0.3 is 6.09 Å². The van der Waals surface area contributed by atoms with E-state index in [1.807, 2.05) is 77.5 Å². The van der Waals surface area contributed by atoms with Crippen LogP contribution in [0.1, 0.15) is 23.1 Å². The van der Waals surface area contributed by atoms with Gasteiger partial charge in [-0.1, -0.05) is 126 Å². The molecule has 0 radical (unpaired) electrons. The molecule has 1 heterocycles. The Hall–Kier alpha value is -5.11. The molecule has 0 bridgehead atoms. The Kier molecular flexibility index (Phi) is 8.56. The van der Waals surface area contributed by atoms with Crippen LogP contribution in [-0.2, 0) is 10.3 Å². The molecule has 9 heteroatoms. The Bertz CT molecular complexity index is 1860. The molecule has 1 aromatic heterocycles. The molecule has 6 rings (SSSR count). The number of rotatable bonds is 9. The number of hydrogen-bond acceptors (Lipinski definition) is 3. The van der Waals surface area contributed by atoms with Gasteiger partial charge in [0.1, 0.15) is 5.54 Å². The average Bonchev–Trinajstić information content (AvgIpc) is 3.40. The van der Waals surface area contributed by atoms with Crippen LogP contribution in [-0.4, -0.2) is 33.4 Å². The monoisotopic (exact) mass is 634 g/mol. The maximum absolute atomic E-state index is 13.1. The fourth-order valence-electron chi connectivity index (χ4n) is 5.78. The molecule has 0 saturated heterocycles. The van der Waals surface area contributed by atoms with E-state index in [2.05, 4.69) is 47.0 Å². The van der Waals surface area contributed by atoms with Gasteiger partial charge in [-0.05, 0) is 46.5 Å². The Morgan fingerprint density at radius 3 is 1.78 bits per heavy atom. The lowest BCUT2D eigenvalue weighted by molar-refractivity contribution is -0.116. The predicted octanol–water partition coefficient (Wildman–Crippen LogP) is 8.45. The molecule has 0 aliphatic heterocycles. The number of fused-ring (bicyclic) bond motifs is 1. The number of carboxylic acid groups (broad SMARTS) is 1. The van der Waals surface area contributed by atoms with Gasteiger partial charge in [-0.15, -0.1) is 0 Å². The summed E-state index contributed by atoms with van der Waals surface area (Å²) >= 11 is 13.2. The first-order valence-corrected chi connectivity index (χ1v) is 15.1. The van der Waals surface area contributed by atoms with Crippen LogP contribution >= 0.6 is 23.2 Å². The average molecular weight is 636 g/mol. The molecule has 0 aliphatic carbocycles. The summed E-state index contributed by atoms with van der Waals surface area (Å²) in [5.74, 6) is -0.0660. The molecule has 0 unspecified atom stereocenters. The van der Waals surface area contributed by atoms with Gasteiger partial charge in [0, 0.05) is 34.0 Å². The largest absolute Gasteiger partial charge is 0.465 e. The minimum atomic E-state index is -1.20. The van der Waals surface area contributed by atoms with Crippen LogP contribution in [0, 0.1) is 0 Å². The number of carbonyl (C=O) groups is 2. The summed E-state index contributed by atoms with van der Waals surface area (Å²) in [6.45, 7) is -0.0394. The van der Waals surface area contributed by atoms with Gasteiger partial charge in [-0.2, -0.15) is 5.10 Å². The maximum Gasteiger partial charge on any atom is 0.404 e. The highest BCUT2D eigenvalue weighted by molar-refractivity contribution is 6.39. The molecular weight excluding hydrogens is 607 g/mol. The predicted molar refractivity (Wildman–Crippen MR) is 179 cm³/mol. The first-order valence-electron chi connectivity index (χ1n) is 14.3. The lowest BCUT2D eigenvalue weighted by atomic mass is 9.77. The fraction of sp³-hybridized carbons (Fsp3) is 0.0833. The van der Waals surface area contributed by atoms with Crippen LogP contribution in [0.3, 0.4) is 0 Å². The SMILES string of the molecule is O=C(O)NCCC(=O)Nc1nn(C(c2ccccc2)(c2ccccc2)c2ccccc2)c2ccc(-c3c(Cl)cccc3Cl)cc12. The molecule has 2 amide bonds. The number of halogens is 2. The molecule has 3 N–H and O–H groups in total. The first-order chi connectivity index (χ1) is 21.9. The van der Waals surface area contributed by atoms with Crippen LogP contribution in [0.15, 0.2) is 127 Å². The molecule has 224 valence electrons. The quantitative estimate of drug-likeness (QED) is 0.139.